The van der Waals surface area contributed by atoms with E-state index in [1.165, 1.54) is 67.3 Å². The van der Waals surface area contributed by atoms with E-state index in [1.54, 1.807) is 0 Å². The summed E-state index contributed by atoms with van der Waals surface area (Å²) < 4.78 is 0. The van der Waals surface area contributed by atoms with Gasteiger partial charge >= 0.3 is 0 Å². The summed E-state index contributed by atoms with van der Waals surface area (Å²) in [5.74, 6) is 0. The van der Waals surface area contributed by atoms with E-state index in [4.69, 9.17) is 0 Å². The summed E-state index contributed by atoms with van der Waals surface area (Å²) in [4.78, 5) is 4.93. The van der Waals surface area contributed by atoms with Crippen LogP contribution in [0.5, 0.6) is 0 Å². The van der Waals surface area contributed by atoms with Crippen molar-refractivity contribution in [2.75, 3.05) is 9.80 Å². The first-order chi connectivity index (χ1) is 31.8. The Bertz CT molecular complexity index is 2880. The molecule has 0 radical (unpaired) electrons. The van der Waals surface area contributed by atoms with Crippen molar-refractivity contribution in [1.82, 2.24) is 0 Å². The van der Waals surface area contributed by atoms with Crippen LogP contribution in [-0.2, 0) is 10.8 Å². The van der Waals surface area contributed by atoms with E-state index < -0.39 is 10.8 Å². The largest absolute Gasteiger partial charge is 0.310 e. The predicted molar refractivity (Wildman–Crippen MR) is 265 cm³/mol. The topological polar surface area (TPSA) is 6.48 Å². The average molecular weight is 817 g/mol. The van der Waals surface area contributed by atoms with Crippen LogP contribution < -0.4 is 9.80 Å². The summed E-state index contributed by atoms with van der Waals surface area (Å²) in [6.07, 6.45) is 0. The van der Waals surface area contributed by atoms with Gasteiger partial charge in [0.15, 0.2) is 0 Å². The minimum absolute atomic E-state index is 0.516. The Kier molecular flexibility index (Phi) is 8.98. The summed E-state index contributed by atoms with van der Waals surface area (Å²) in [5.41, 5.74) is 18.2. The third-order valence-electron chi connectivity index (χ3n) is 13.6. The van der Waals surface area contributed by atoms with Crippen LogP contribution in [0.25, 0.3) is 11.1 Å². The summed E-state index contributed by atoms with van der Waals surface area (Å²) in [5, 5.41) is 0. The van der Waals surface area contributed by atoms with Crippen LogP contribution >= 0.6 is 0 Å². The molecule has 0 aliphatic carbocycles. The Morgan fingerprint density at radius 1 is 0.219 bits per heavy atom. The van der Waals surface area contributed by atoms with Gasteiger partial charge in [-0.2, -0.15) is 0 Å². The summed E-state index contributed by atoms with van der Waals surface area (Å²) in [6.45, 7) is 0. The maximum atomic E-state index is 2.46. The molecule has 64 heavy (non-hydrogen) atoms. The van der Waals surface area contributed by atoms with Crippen LogP contribution in [-0.4, -0.2) is 0 Å². The van der Waals surface area contributed by atoms with Gasteiger partial charge in [0, 0.05) is 11.4 Å². The first-order valence-corrected chi connectivity index (χ1v) is 22.2. The van der Waals surface area contributed by atoms with Gasteiger partial charge in [-0.3, -0.25) is 0 Å². The minimum Gasteiger partial charge on any atom is -0.310 e. The molecule has 0 saturated carbocycles. The van der Waals surface area contributed by atoms with Crippen molar-refractivity contribution in [1.29, 1.82) is 0 Å². The third-order valence-corrected chi connectivity index (χ3v) is 13.6. The number of rotatable bonds is 7. The van der Waals surface area contributed by atoms with Gasteiger partial charge in [0.2, 0.25) is 0 Å². The Morgan fingerprint density at radius 2 is 0.469 bits per heavy atom. The Morgan fingerprint density at radius 3 is 0.750 bits per heavy atom. The van der Waals surface area contributed by atoms with Gasteiger partial charge < -0.3 is 9.80 Å². The van der Waals surface area contributed by atoms with Gasteiger partial charge in [0.05, 0.1) is 33.6 Å². The fourth-order valence-electron chi connectivity index (χ4n) is 11.0. The molecule has 0 N–H and O–H groups in total. The Hall–Kier alpha value is -8.20. The van der Waals surface area contributed by atoms with Crippen molar-refractivity contribution in [3.8, 4) is 11.1 Å². The van der Waals surface area contributed by atoms with E-state index in [0.717, 1.165) is 22.5 Å². The molecule has 0 saturated heterocycles. The third kappa shape index (κ3) is 5.59. The minimum atomic E-state index is -0.516. The van der Waals surface area contributed by atoms with Gasteiger partial charge in [0.25, 0.3) is 0 Å². The number of anilines is 6. The lowest BCUT2D eigenvalue weighted by atomic mass is 9.62. The zero-order valence-corrected chi connectivity index (χ0v) is 35.3. The van der Waals surface area contributed by atoms with Gasteiger partial charge in [-0.25, -0.2) is 0 Å². The van der Waals surface area contributed by atoms with Crippen molar-refractivity contribution in [2.45, 2.75) is 10.8 Å². The fraction of sp³-hybridized carbons (Fsp3) is 0.0323. The van der Waals surface area contributed by atoms with Crippen LogP contribution in [0.1, 0.15) is 44.5 Å². The highest BCUT2D eigenvalue weighted by Gasteiger charge is 2.47. The van der Waals surface area contributed by atoms with E-state index in [0.29, 0.717) is 0 Å². The standard InChI is InChI=1S/C62H44N2/c1-5-25-47(26-6-1)61(48-27-7-2-8-28-48)53-35-13-17-39-57(53)63(58-40-18-14-36-54(58)61)51-33-21-23-45(43-51)46-24-22-34-52(44-46)64-59-41-19-15-37-55(59)62(49-29-9-3-10-30-49,50-31-11-4-12-32-50)56-38-16-20-42-60(56)64/h1-44H. The molecule has 10 aromatic rings. The zero-order chi connectivity index (χ0) is 42.5. The number of para-hydroxylation sites is 4. The monoisotopic (exact) mass is 816 g/mol. The maximum Gasteiger partial charge on any atom is 0.0742 e. The van der Waals surface area contributed by atoms with Crippen molar-refractivity contribution >= 4 is 34.1 Å². The molecule has 2 heterocycles. The summed E-state index contributed by atoms with van der Waals surface area (Å²) in [6, 6.07) is 98.1. The molecule has 0 spiro atoms. The van der Waals surface area contributed by atoms with Gasteiger partial charge in [-0.15, -0.1) is 0 Å². The molecule has 10 aromatic carbocycles. The highest BCUT2D eigenvalue weighted by molar-refractivity contribution is 5.93. The molecular weight excluding hydrogens is 773 g/mol. The van der Waals surface area contributed by atoms with E-state index in [1.807, 2.05) is 0 Å². The number of benzene rings is 10. The first kappa shape index (κ1) is 37.6. The molecule has 2 heteroatoms. The highest BCUT2D eigenvalue weighted by atomic mass is 15.2. The molecule has 0 amide bonds. The molecule has 0 atom stereocenters. The van der Waals surface area contributed by atoms with Crippen LogP contribution in [0.2, 0.25) is 0 Å². The Balaban J connectivity index is 1.01. The summed E-state index contributed by atoms with van der Waals surface area (Å²) >= 11 is 0. The van der Waals surface area contributed by atoms with Crippen LogP contribution in [0.3, 0.4) is 0 Å². The number of hydrogen-bond acceptors (Lipinski definition) is 2. The normalized spacial score (nSPS) is 14.1. The molecule has 12 rings (SSSR count). The molecule has 0 bridgehead atoms. The second-order valence-corrected chi connectivity index (χ2v) is 16.8. The number of hydrogen-bond donors (Lipinski definition) is 0. The first-order valence-electron chi connectivity index (χ1n) is 22.2. The van der Waals surface area contributed by atoms with Crippen molar-refractivity contribution < 1.29 is 0 Å². The maximum absolute atomic E-state index is 2.46. The fourth-order valence-corrected chi connectivity index (χ4v) is 11.0. The smallest absolute Gasteiger partial charge is 0.0742 e. The zero-order valence-electron chi connectivity index (χ0n) is 35.3. The van der Waals surface area contributed by atoms with E-state index in [2.05, 4.69) is 277 Å². The predicted octanol–water partition coefficient (Wildman–Crippen LogP) is 15.7. The molecule has 0 unspecified atom stereocenters. The molecular formula is C62H44N2. The number of fused-ring (bicyclic) bond motifs is 4. The SMILES string of the molecule is c1ccc(C2(c3ccccc3)c3ccccc3N(c3cccc(-c4cccc(N5c6ccccc6C(c6ccccc6)(c6ccccc6)c6ccccc65)c4)c3)c3ccccc32)cc1. The van der Waals surface area contributed by atoms with E-state index in [-0.39, 0.29) is 0 Å². The van der Waals surface area contributed by atoms with Gasteiger partial charge in [-0.1, -0.05) is 218 Å². The molecule has 2 nitrogen and oxygen atoms in total. The quantitative estimate of drug-likeness (QED) is 0.158. The molecule has 0 fully saturated rings. The summed E-state index contributed by atoms with van der Waals surface area (Å²) in [7, 11) is 0. The van der Waals surface area contributed by atoms with Crippen molar-refractivity contribution in [3.63, 3.8) is 0 Å². The second-order valence-electron chi connectivity index (χ2n) is 16.8. The second kappa shape index (κ2) is 15.3. The van der Waals surface area contributed by atoms with Gasteiger partial charge in [0.1, 0.15) is 0 Å². The lowest BCUT2D eigenvalue weighted by molar-refractivity contribution is 0.731. The van der Waals surface area contributed by atoms with Crippen molar-refractivity contribution in [3.05, 3.63) is 311 Å². The molecule has 302 valence electrons. The molecule has 0 aromatic heterocycles. The van der Waals surface area contributed by atoms with E-state index in [9.17, 15) is 0 Å². The van der Waals surface area contributed by atoms with Crippen LogP contribution in [0, 0.1) is 0 Å². The lowest BCUT2D eigenvalue weighted by Gasteiger charge is -2.46. The lowest BCUT2D eigenvalue weighted by Crippen LogP contribution is -2.37. The van der Waals surface area contributed by atoms with Crippen LogP contribution in [0.15, 0.2) is 267 Å². The Labute approximate surface area is 375 Å². The van der Waals surface area contributed by atoms with Gasteiger partial charge in [-0.05, 0) is 104 Å². The highest BCUT2D eigenvalue weighted by Crippen LogP contribution is 2.59. The van der Waals surface area contributed by atoms with E-state index >= 15 is 0 Å². The molecule has 2 aliphatic rings. The molecule has 2 aliphatic heterocycles. The number of nitrogens with zero attached hydrogens (tertiary/aromatic N) is 2. The average Bonchev–Trinajstić information content (AvgIpc) is 3.38. The van der Waals surface area contributed by atoms with Crippen LogP contribution in [0.4, 0.5) is 34.1 Å². The van der Waals surface area contributed by atoms with Crippen molar-refractivity contribution in [2.24, 2.45) is 0 Å².